The first-order valence-electron chi connectivity index (χ1n) is 8.55. The summed E-state index contributed by atoms with van der Waals surface area (Å²) < 4.78 is 31.2. The number of hydrogen-bond donors (Lipinski definition) is 0. The number of sulfonamides is 1. The molecule has 0 atom stereocenters. The third-order valence-electron chi connectivity index (χ3n) is 4.65. The highest BCUT2D eigenvalue weighted by atomic mass is 32.2. The van der Waals surface area contributed by atoms with Gasteiger partial charge in [-0.1, -0.05) is 13.3 Å². The van der Waals surface area contributed by atoms with Gasteiger partial charge in [0.1, 0.15) is 5.75 Å². The maximum atomic E-state index is 12.7. The van der Waals surface area contributed by atoms with Gasteiger partial charge in [-0.05, 0) is 49.9 Å². The van der Waals surface area contributed by atoms with Gasteiger partial charge in [0.15, 0.2) is 5.78 Å². The van der Waals surface area contributed by atoms with Crippen molar-refractivity contribution < 1.29 is 17.9 Å². The molecule has 2 rings (SSSR count). The highest BCUT2D eigenvalue weighted by Gasteiger charge is 2.31. The molecule has 0 radical (unpaired) electrons. The minimum atomic E-state index is -3.17. The van der Waals surface area contributed by atoms with Crippen LogP contribution in [0.2, 0.25) is 0 Å². The first kappa shape index (κ1) is 18.9. The van der Waals surface area contributed by atoms with E-state index in [0.717, 1.165) is 17.7 Å². The number of aryl methyl sites for hydroxylation is 1. The zero-order valence-corrected chi connectivity index (χ0v) is 15.6. The molecule has 0 saturated carbocycles. The van der Waals surface area contributed by atoms with Crippen LogP contribution < -0.4 is 4.74 Å². The average molecular weight is 353 g/mol. The van der Waals surface area contributed by atoms with Crippen molar-refractivity contribution in [3.8, 4) is 5.75 Å². The minimum Gasteiger partial charge on any atom is -0.496 e. The third-order valence-corrected chi connectivity index (χ3v) is 6.61. The van der Waals surface area contributed by atoms with E-state index in [1.54, 1.807) is 17.5 Å². The summed E-state index contributed by atoms with van der Waals surface area (Å²) in [7, 11) is -1.56. The van der Waals surface area contributed by atoms with Gasteiger partial charge in [0.25, 0.3) is 0 Å². The monoisotopic (exact) mass is 353 g/mol. The van der Waals surface area contributed by atoms with Gasteiger partial charge >= 0.3 is 0 Å². The Bertz CT molecular complexity index is 676. The second-order valence-corrected chi connectivity index (χ2v) is 8.48. The molecule has 1 aliphatic heterocycles. The molecular weight excluding hydrogens is 326 g/mol. The van der Waals surface area contributed by atoms with E-state index < -0.39 is 10.0 Å². The lowest BCUT2D eigenvalue weighted by Gasteiger charge is -2.30. The first-order chi connectivity index (χ1) is 11.4. The first-order valence-corrected chi connectivity index (χ1v) is 10.2. The number of Topliss-reactive ketones (excluding diaryl/α,β-unsaturated/α-hetero) is 1. The lowest BCUT2D eigenvalue weighted by molar-refractivity contribution is 0.0875. The zero-order valence-electron chi connectivity index (χ0n) is 14.7. The molecule has 0 bridgehead atoms. The van der Waals surface area contributed by atoms with E-state index in [2.05, 4.69) is 0 Å². The SMILES string of the molecule is CCCCS(=O)(=O)N1CCC(C(=O)c2ccc(OC)c(C)c2)CC1. The van der Waals surface area contributed by atoms with Crippen molar-refractivity contribution in [2.24, 2.45) is 5.92 Å². The molecule has 0 unspecified atom stereocenters. The Hall–Kier alpha value is -1.40. The van der Waals surface area contributed by atoms with Gasteiger partial charge in [0.2, 0.25) is 10.0 Å². The highest BCUT2D eigenvalue weighted by molar-refractivity contribution is 7.89. The van der Waals surface area contributed by atoms with E-state index in [1.165, 1.54) is 0 Å². The van der Waals surface area contributed by atoms with Crippen LogP contribution >= 0.6 is 0 Å². The molecule has 24 heavy (non-hydrogen) atoms. The number of unbranched alkanes of at least 4 members (excludes halogenated alkanes) is 1. The molecule has 1 aromatic rings. The van der Waals surface area contributed by atoms with Gasteiger partial charge in [-0.2, -0.15) is 0 Å². The number of carbonyl (C=O) groups excluding carboxylic acids is 1. The maximum absolute atomic E-state index is 12.7. The zero-order chi connectivity index (χ0) is 17.7. The molecule has 0 N–H and O–H groups in total. The number of hydrogen-bond acceptors (Lipinski definition) is 4. The second kappa shape index (κ2) is 8.12. The molecule has 0 aromatic heterocycles. The summed E-state index contributed by atoms with van der Waals surface area (Å²) in [5.74, 6) is 0.977. The summed E-state index contributed by atoms with van der Waals surface area (Å²) >= 11 is 0. The highest BCUT2D eigenvalue weighted by Crippen LogP contribution is 2.26. The number of rotatable bonds is 7. The fourth-order valence-corrected chi connectivity index (χ4v) is 4.80. The van der Waals surface area contributed by atoms with Gasteiger partial charge in [0.05, 0.1) is 12.9 Å². The minimum absolute atomic E-state index is 0.101. The van der Waals surface area contributed by atoms with Crippen LogP contribution in [0.4, 0.5) is 0 Å². The number of benzene rings is 1. The van der Waals surface area contributed by atoms with Gasteiger partial charge in [-0.25, -0.2) is 12.7 Å². The maximum Gasteiger partial charge on any atom is 0.214 e. The molecule has 0 amide bonds. The van der Waals surface area contributed by atoms with Crippen molar-refractivity contribution in [1.82, 2.24) is 4.31 Å². The normalized spacial score (nSPS) is 17.0. The fourth-order valence-electron chi connectivity index (χ4n) is 3.12. The van der Waals surface area contributed by atoms with Crippen molar-refractivity contribution in [2.75, 3.05) is 26.0 Å². The second-order valence-electron chi connectivity index (χ2n) is 6.39. The standard InChI is InChI=1S/C18H27NO4S/c1-4-5-12-24(21,22)19-10-8-15(9-11-19)18(20)16-6-7-17(23-3)14(2)13-16/h6-7,13,15H,4-5,8-12H2,1-3H3. The van der Waals surface area contributed by atoms with Crippen LogP contribution in [-0.2, 0) is 10.0 Å². The summed E-state index contributed by atoms with van der Waals surface area (Å²) in [5.41, 5.74) is 1.61. The smallest absolute Gasteiger partial charge is 0.214 e. The summed E-state index contributed by atoms with van der Waals surface area (Å²) in [6, 6.07) is 5.46. The predicted octanol–water partition coefficient (Wildman–Crippen LogP) is 3.03. The van der Waals surface area contributed by atoms with E-state index in [4.69, 9.17) is 4.74 Å². The number of carbonyl (C=O) groups is 1. The van der Waals surface area contributed by atoms with E-state index in [0.29, 0.717) is 37.9 Å². The van der Waals surface area contributed by atoms with Crippen LogP contribution in [0, 0.1) is 12.8 Å². The van der Waals surface area contributed by atoms with Gasteiger partial charge in [-0.3, -0.25) is 4.79 Å². The molecule has 1 saturated heterocycles. The van der Waals surface area contributed by atoms with E-state index in [-0.39, 0.29) is 17.5 Å². The number of ketones is 1. The lowest BCUT2D eigenvalue weighted by atomic mass is 9.89. The Morgan fingerprint density at radius 1 is 1.29 bits per heavy atom. The van der Waals surface area contributed by atoms with Crippen molar-refractivity contribution in [1.29, 1.82) is 0 Å². The number of nitrogens with zero attached hydrogens (tertiary/aromatic N) is 1. The molecule has 1 fully saturated rings. The van der Waals surface area contributed by atoms with Crippen LogP contribution in [0.15, 0.2) is 18.2 Å². The van der Waals surface area contributed by atoms with Crippen LogP contribution in [0.3, 0.4) is 0 Å². The van der Waals surface area contributed by atoms with E-state index in [9.17, 15) is 13.2 Å². The largest absolute Gasteiger partial charge is 0.496 e. The molecule has 5 nitrogen and oxygen atoms in total. The molecule has 134 valence electrons. The molecule has 0 spiro atoms. The average Bonchev–Trinajstić information content (AvgIpc) is 2.59. The van der Waals surface area contributed by atoms with Crippen molar-refractivity contribution in [3.05, 3.63) is 29.3 Å². The van der Waals surface area contributed by atoms with Crippen molar-refractivity contribution in [2.45, 2.75) is 39.5 Å². The quantitative estimate of drug-likeness (QED) is 0.707. The summed E-state index contributed by atoms with van der Waals surface area (Å²) in [6.45, 7) is 4.78. The van der Waals surface area contributed by atoms with E-state index >= 15 is 0 Å². The lowest BCUT2D eigenvalue weighted by Crippen LogP contribution is -2.41. The molecule has 1 aromatic carbocycles. The molecule has 1 heterocycles. The Labute approximate surface area is 145 Å². The Morgan fingerprint density at radius 2 is 1.96 bits per heavy atom. The Kier molecular flexibility index (Phi) is 6.40. The van der Waals surface area contributed by atoms with Crippen molar-refractivity contribution >= 4 is 15.8 Å². The molecular formula is C18H27NO4S. The van der Waals surface area contributed by atoms with Crippen LogP contribution in [0.25, 0.3) is 0 Å². The fraction of sp³-hybridized carbons (Fsp3) is 0.611. The molecule has 6 heteroatoms. The Balaban J connectivity index is 1.99. The predicted molar refractivity (Wildman–Crippen MR) is 95.1 cm³/mol. The van der Waals surface area contributed by atoms with Crippen LogP contribution in [-0.4, -0.2) is 44.5 Å². The Morgan fingerprint density at radius 3 is 2.50 bits per heavy atom. The van der Waals surface area contributed by atoms with Crippen molar-refractivity contribution in [3.63, 3.8) is 0 Å². The third kappa shape index (κ3) is 4.36. The van der Waals surface area contributed by atoms with Crippen LogP contribution in [0.5, 0.6) is 5.75 Å². The number of ether oxygens (including phenoxy) is 1. The summed E-state index contributed by atoms with van der Waals surface area (Å²) in [5, 5.41) is 0. The number of methoxy groups -OCH3 is 1. The number of piperidine rings is 1. The summed E-state index contributed by atoms with van der Waals surface area (Å²) in [4.78, 5) is 12.7. The van der Waals surface area contributed by atoms with Gasteiger partial charge in [0, 0.05) is 24.6 Å². The van der Waals surface area contributed by atoms with E-state index in [1.807, 2.05) is 26.0 Å². The van der Waals surface area contributed by atoms with Gasteiger partial charge < -0.3 is 4.74 Å². The molecule has 0 aliphatic carbocycles. The van der Waals surface area contributed by atoms with Crippen LogP contribution in [0.1, 0.15) is 48.5 Å². The topological polar surface area (TPSA) is 63.7 Å². The summed E-state index contributed by atoms with van der Waals surface area (Å²) in [6.07, 6.45) is 2.74. The molecule has 1 aliphatic rings. The van der Waals surface area contributed by atoms with Gasteiger partial charge in [-0.15, -0.1) is 0 Å².